The molecule has 5 nitrogen and oxygen atoms in total. The maximum Gasteiger partial charge on any atom is 0.411 e. The monoisotopic (exact) mass is 405 g/mol. The van der Waals surface area contributed by atoms with E-state index in [1.165, 1.54) is 0 Å². The van der Waals surface area contributed by atoms with E-state index in [0.29, 0.717) is 30.5 Å². The molecule has 23 heavy (non-hydrogen) atoms. The smallest absolute Gasteiger partial charge is 0.411 e. The maximum absolute atomic E-state index is 12.6. The minimum absolute atomic E-state index is 0.253. The highest BCUT2D eigenvalue weighted by atomic mass is 79.9. The second-order valence-corrected chi connectivity index (χ2v) is 7.73. The molecule has 0 radical (unpaired) electrons. The lowest BCUT2D eigenvalue weighted by Gasteiger charge is -2.31. The summed E-state index contributed by atoms with van der Waals surface area (Å²) in [5, 5.41) is 0.511. The van der Waals surface area contributed by atoms with Gasteiger partial charge in [0.05, 0.1) is 24.2 Å². The van der Waals surface area contributed by atoms with Crippen LogP contribution in [0.15, 0.2) is 16.6 Å². The molecule has 1 aromatic carbocycles. The van der Waals surface area contributed by atoms with Gasteiger partial charge in [0.15, 0.2) is 0 Å². The van der Waals surface area contributed by atoms with Gasteiger partial charge in [-0.2, -0.15) is 0 Å². The Labute approximate surface area is 150 Å². The SMILES string of the molecule is COCC1COc2c(Cl)cc(Br)cc2CN1C(=O)OC(C)(C)C. The number of benzene rings is 1. The number of nitrogens with zero attached hydrogens (tertiary/aromatic N) is 1. The Morgan fingerprint density at radius 3 is 2.78 bits per heavy atom. The molecule has 0 aromatic heterocycles. The summed E-state index contributed by atoms with van der Waals surface area (Å²) in [7, 11) is 1.59. The molecule has 1 unspecified atom stereocenters. The summed E-state index contributed by atoms with van der Waals surface area (Å²) in [5.74, 6) is 0.599. The third kappa shape index (κ3) is 4.75. The molecule has 1 heterocycles. The Morgan fingerprint density at radius 1 is 1.48 bits per heavy atom. The van der Waals surface area contributed by atoms with E-state index in [2.05, 4.69) is 15.9 Å². The van der Waals surface area contributed by atoms with Crippen LogP contribution in [0.2, 0.25) is 5.02 Å². The number of hydrogen-bond donors (Lipinski definition) is 0. The van der Waals surface area contributed by atoms with Crippen LogP contribution in [-0.4, -0.2) is 43.0 Å². The molecule has 7 heteroatoms. The number of amides is 1. The average molecular weight is 407 g/mol. The minimum atomic E-state index is -0.570. The molecule has 0 saturated heterocycles. The largest absolute Gasteiger partial charge is 0.489 e. The van der Waals surface area contributed by atoms with Gasteiger partial charge in [0.2, 0.25) is 0 Å². The summed E-state index contributed by atoms with van der Waals surface area (Å²) in [6, 6.07) is 3.42. The molecule has 0 spiro atoms. The summed E-state index contributed by atoms with van der Waals surface area (Å²) in [5.41, 5.74) is 0.258. The summed E-state index contributed by atoms with van der Waals surface area (Å²) >= 11 is 9.68. The van der Waals surface area contributed by atoms with Gasteiger partial charge in [0, 0.05) is 17.1 Å². The highest BCUT2D eigenvalue weighted by Crippen LogP contribution is 2.36. The predicted octanol–water partition coefficient (Wildman–Crippen LogP) is 4.25. The van der Waals surface area contributed by atoms with Crippen LogP contribution in [0, 0.1) is 0 Å². The van der Waals surface area contributed by atoms with Crippen LogP contribution in [0.25, 0.3) is 0 Å². The van der Waals surface area contributed by atoms with Crippen molar-refractivity contribution in [1.82, 2.24) is 4.90 Å². The lowest BCUT2D eigenvalue weighted by atomic mass is 10.1. The van der Waals surface area contributed by atoms with E-state index in [9.17, 15) is 4.79 Å². The third-order valence-electron chi connectivity index (χ3n) is 3.27. The Kier molecular flexibility index (Phi) is 5.81. The van der Waals surface area contributed by atoms with E-state index in [-0.39, 0.29) is 6.04 Å². The second-order valence-electron chi connectivity index (χ2n) is 6.40. The van der Waals surface area contributed by atoms with Crippen LogP contribution < -0.4 is 4.74 Å². The van der Waals surface area contributed by atoms with Crippen molar-refractivity contribution in [3.63, 3.8) is 0 Å². The zero-order valence-electron chi connectivity index (χ0n) is 13.7. The molecule has 0 N–H and O–H groups in total. The number of halogens is 2. The van der Waals surface area contributed by atoms with Crippen molar-refractivity contribution in [3.05, 3.63) is 27.2 Å². The zero-order valence-corrected chi connectivity index (χ0v) is 16.0. The second kappa shape index (κ2) is 7.28. The lowest BCUT2D eigenvalue weighted by Crippen LogP contribution is -2.46. The molecule has 2 rings (SSSR count). The number of methoxy groups -OCH3 is 1. The van der Waals surface area contributed by atoms with Gasteiger partial charge in [-0.15, -0.1) is 0 Å². The van der Waals surface area contributed by atoms with Crippen molar-refractivity contribution in [3.8, 4) is 5.75 Å². The van der Waals surface area contributed by atoms with E-state index in [1.807, 2.05) is 26.8 Å². The first kappa shape index (κ1) is 18.4. The fourth-order valence-electron chi connectivity index (χ4n) is 2.34. The van der Waals surface area contributed by atoms with Crippen molar-refractivity contribution in [2.24, 2.45) is 0 Å². The van der Waals surface area contributed by atoms with Gasteiger partial charge in [-0.3, -0.25) is 4.90 Å². The van der Waals surface area contributed by atoms with E-state index in [0.717, 1.165) is 10.0 Å². The Bertz CT molecular complexity index is 588. The van der Waals surface area contributed by atoms with Crippen LogP contribution in [0.1, 0.15) is 26.3 Å². The van der Waals surface area contributed by atoms with E-state index >= 15 is 0 Å². The minimum Gasteiger partial charge on any atom is -0.489 e. The van der Waals surface area contributed by atoms with E-state index in [4.69, 9.17) is 25.8 Å². The quantitative estimate of drug-likeness (QED) is 0.737. The fourth-order valence-corrected chi connectivity index (χ4v) is 3.27. The van der Waals surface area contributed by atoms with Gasteiger partial charge >= 0.3 is 6.09 Å². The summed E-state index contributed by atoms with van der Waals surface area (Å²) in [6.07, 6.45) is -0.396. The Hall–Kier alpha value is -0.980. The topological polar surface area (TPSA) is 48.0 Å². The molecule has 1 amide bonds. The van der Waals surface area contributed by atoms with Crippen molar-refractivity contribution in [2.45, 2.75) is 39.0 Å². The first-order valence-corrected chi connectivity index (χ1v) is 8.47. The highest BCUT2D eigenvalue weighted by Gasteiger charge is 2.32. The Morgan fingerprint density at radius 2 is 2.17 bits per heavy atom. The molecule has 1 aliphatic rings. The van der Waals surface area contributed by atoms with E-state index < -0.39 is 11.7 Å². The van der Waals surface area contributed by atoms with Gasteiger partial charge in [-0.05, 0) is 32.9 Å². The molecule has 0 bridgehead atoms. The molecular formula is C16H21BrClNO4. The van der Waals surface area contributed by atoms with Crippen molar-refractivity contribution >= 4 is 33.6 Å². The first-order valence-electron chi connectivity index (χ1n) is 7.30. The van der Waals surface area contributed by atoms with Crippen LogP contribution in [0.3, 0.4) is 0 Å². The summed E-state index contributed by atoms with van der Waals surface area (Å²) < 4.78 is 17.4. The van der Waals surface area contributed by atoms with Crippen LogP contribution in [0.4, 0.5) is 4.79 Å². The van der Waals surface area contributed by atoms with Crippen molar-refractivity contribution in [1.29, 1.82) is 0 Å². The average Bonchev–Trinajstić information content (AvgIpc) is 2.57. The molecule has 0 aliphatic carbocycles. The maximum atomic E-state index is 12.6. The molecule has 128 valence electrons. The van der Waals surface area contributed by atoms with Crippen molar-refractivity contribution in [2.75, 3.05) is 20.3 Å². The number of carbonyl (C=O) groups is 1. The van der Waals surface area contributed by atoms with Gasteiger partial charge < -0.3 is 14.2 Å². The zero-order chi connectivity index (χ0) is 17.2. The number of fused-ring (bicyclic) bond motifs is 1. The van der Waals surface area contributed by atoms with Crippen LogP contribution in [0.5, 0.6) is 5.75 Å². The van der Waals surface area contributed by atoms with Gasteiger partial charge in [-0.25, -0.2) is 4.79 Å². The van der Waals surface area contributed by atoms with E-state index in [1.54, 1.807) is 18.1 Å². The summed E-state index contributed by atoms with van der Waals surface area (Å²) in [4.78, 5) is 14.2. The normalized spacial score (nSPS) is 18.0. The molecular weight excluding hydrogens is 386 g/mol. The molecule has 1 atom stereocenters. The summed E-state index contributed by atoms with van der Waals surface area (Å²) in [6.45, 7) is 6.51. The Balaban J connectivity index is 2.33. The number of hydrogen-bond acceptors (Lipinski definition) is 4. The molecule has 1 aliphatic heterocycles. The van der Waals surface area contributed by atoms with Gasteiger partial charge in [0.1, 0.15) is 18.0 Å². The molecule has 1 aromatic rings. The first-order chi connectivity index (χ1) is 10.7. The van der Waals surface area contributed by atoms with Gasteiger partial charge in [0.25, 0.3) is 0 Å². The fraction of sp³-hybridized carbons (Fsp3) is 0.562. The van der Waals surface area contributed by atoms with Crippen LogP contribution in [-0.2, 0) is 16.0 Å². The predicted molar refractivity (Wildman–Crippen MR) is 92.1 cm³/mol. The van der Waals surface area contributed by atoms with Gasteiger partial charge in [-0.1, -0.05) is 27.5 Å². The number of ether oxygens (including phenoxy) is 3. The lowest BCUT2D eigenvalue weighted by molar-refractivity contribution is -0.00105. The number of carbonyl (C=O) groups excluding carboxylic acids is 1. The van der Waals surface area contributed by atoms with Crippen LogP contribution >= 0.6 is 27.5 Å². The standard InChI is InChI=1S/C16H21BrClNO4/c1-16(2,3)23-15(20)19-7-10-5-11(17)6-13(18)14(10)22-9-12(19)8-21-4/h5-6,12H,7-9H2,1-4H3. The number of rotatable bonds is 2. The molecule has 0 fully saturated rings. The van der Waals surface area contributed by atoms with Crippen molar-refractivity contribution < 1.29 is 19.0 Å². The molecule has 0 saturated carbocycles. The third-order valence-corrected chi connectivity index (χ3v) is 4.01. The highest BCUT2D eigenvalue weighted by molar-refractivity contribution is 9.10.